The Hall–Kier alpha value is -1.71. The topological polar surface area (TPSA) is 76.4 Å². The second kappa shape index (κ2) is 7.91. The Labute approximate surface area is 150 Å². The third kappa shape index (κ3) is 4.22. The van der Waals surface area contributed by atoms with Crippen LogP contribution in [0.1, 0.15) is 22.5 Å². The van der Waals surface area contributed by atoms with Crippen LogP contribution in [0.25, 0.3) is 4.96 Å². The molecule has 0 aliphatic carbocycles. The molecule has 24 heavy (non-hydrogen) atoms. The molecule has 3 rings (SSSR count). The van der Waals surface area contributed by atoms with Crippen molar-refractivity contribution in [2.75, 3.05) is 5.75 Å². The number of hydrogen-bond acceptors (Lipinski definition) is 7. The number of carbonyl (C=O) groups is 1. The number of aromatic nitrogens is 3. The zero-order chi connectivity index (χ0) is 16.9. The molecule has 0 atom stereocenters. The summed E-state index contributed by atoms with van der Waals surface area (Å²) in [4.78, 5) is 30.1. The van der Waals surface area contributed by atoms with Gasteiger partial charge in [0.05, 0.1) is 18.0 Å². The highest BCUT2D eigenvalue weighted by molar-refractivity contribution is 7.99. The predicted molar refractivity (Wildman–Crippen MR) is 98.8 cm³/mol. The number of thioether (sulfide) groups is 1. The number of nitrogens with zero attached hydrogens (tertiary/aromatic N) is 3. The molecule has 0 fully saturated rings. The van der Waals surface area contributed by atoms with Crippen LogP contribution in [0.5, 0.6) is 0 Å². The maximum absolute atomic E-state index is 12.0. The van der Waals surface area contributed by atoms with Gasteiger partial charge in [0.25, 0.3) is 5.56 Å². The number of amides is 1. The SMILES string of the molecule is CCc1nn2c(=O)cc(CSCC(=O)NCc3cccs3)nc2s1. The summed E-state index contributed by atoms with van der Waals surface area (Å²) in [6.45, 7) is 2.55. The summed E-state index contributed by atoms with van der Waals surface area (Å²) in [5.41, 5.74) is 0.510. The summed E-state index contributed by atoms with van der Waals surface area (Å²) in [7, 11) is 0. The summed E-state index contributed by atoms with van der Waals surface area (Å²) >= 11 is 4.49. The van der Waals surface area contributed by atoms with Crippen LogP contribution in [0.3, 0.4) is 0 Å². The summed E-state index contributed by atoms with van der Waals surface area (Å²) < 4.78 is 1.34. The van der Waals surface area contributed by atoms with Crippen LogP contribution in [0.2, 0.25) is 0 Å². The van der Waals surface area contributed by atoms with Gasteiger partial charge in [-0.05, 0) is 17.9 Å². The van der Waals surface area contributed by atoms with E-state index in [2.05, 4.69) is 15.4 Å². The number of nitrogens with one attached hydrogen (secondary N) is 1. The lowest BCUT2D eigenvalue weighted by Crippen LogP contribution is -2.24. The van der Waals surface area contributed by atoms with Crippen molar-refractivity contribution in [3.8, 4) is 0 Å². The van der Waals surface area contributed by atoms with Crippen molar-refractivity contribution in [1.82, 2.24) is 19.9 Å². The van der Waals surface area contributed by atoms with E-state index < -0.39 is 0 Å². The lowest BCUT2D eigenvalue weighted by Gasteiger charge is -2.03. The Bertz CT molecular complexity index is 886. The molecule has 1 amide bonds. The number of fused-ring (bicyclic) bond motifs is 1. The lowest BCUT2D eigenvalue weighted by molar-refractivity contribution is -0.118. The zero-order valence-electron chi connectivity index (χ0n) is 13.0. The Morgan fingerprint density at radius 1 is 1.46 bits per heavy atom. The maximum atomic E-state index is 12.0. The lowest BCUT2D eigenvalue weighted by atomic mass is 10.4. The summed E-state index contributed by atoms with van der Waals surface area (Å²) in [6, 6.07) is 5.44. The van der Waals surface area contributed by atoms with Gasteiger partial charge in [-0.3, -0.25) is 9.59 Å². The summed E-state index contributed by atoms with van der Waals surface area (Å²) in [5, 5.41) is 9.97. The van der Waals surface area contributed by atoms with Crippen molar-refractivity contribution in [1.29, 1.82) is 0 Å². The maximum Gasteiger partial charge on any atom is 0.275 e. The predicted octanol–water partition coefficient (Wildman–Crippen LogP) is 2.32. The Morgan fingerprint density at radius 2 is 2.33 bits per heavy atom. The van der Waals surface area contributed by atoms with E-state index in [0.29, 0.717) is 28.7 Å². The first-order chi connectivity index (χ1) is 11.7. The molecule has 0 saturated heterocycles. The normalized spacial score (nSPS) is 11.0. The molecule has 9 heteroatoms. The molecule has 3 aromatic rings. The average molecular weight is 381 g/mol. The second-order valence-electron chi connectivity index (χ2n) is 4.98. The van der Waals surface area contributed by atoms with Crippen LogP contribution in [-0.2, 0) is 23.5 Å². The van der Waals surface area contributed by atoms with Crippen molar-refractivity contribution >= 4 is 45.3 Å². The van der Waals surface area contributed by atoms with Gasteiger partial charge >= 0.3 is 0 Å². The van der Waals surface area contributed by atoms with Crippen LogP contribution in [0.4, 0.5) is 0 Å². The van der Waals surface area contributed by atoms with Gasteiger partial charge in [-0.25, -0.2) is 4.98 Å². The average Bonchev–Trinajstić information content (AvgIpc) is 3.22. The summed E-state index contributed by atoms with van der Waals surface area (Å²) in [5.74, 6) is 0.851. The molecule has 1 N–H and O–H groups in total. The fraction of sp³-hybridized carbons (Fsp3) is 0.333. The quantitative estimate of drug-likeness (QED) is 0.681. The highest BCUT2D eigenvalue weighted by Gasteiger charge is 2.09. The van der Waals surface area contributed by atoms with Gasteiger partial charge in [-0.2, -0.15) is 9.61 Å². The zero-order valence-corrected chi connectivity index (χ0v) is 15.5. The minimum atomic E-state index is -0.173. The van der Waals surface area contributed by atoms with Crippen molar-refractivity contribution in [2.45, 2.75) is 25.6 Å². The molecule has 0 radical (unpaired) electrons. The third-order valence-electron chi connectivity index (χ3n) is 3.17. The molecular formula is C15H16N4O2S3. The standard InChI is InChI=1S/C15H16N4O2S3/c1-2-13-18-19-14(21)6-10(17-15(19)24-13)8-22-9-12(20)16-7-11-4-3-5-23-11/h3-6H,2,7-9H2,1H3,(H,16,20). The number of thiophene rings is 1. The molecule has 0 spiro atoms. The highest BCUT2D eigenvalue weighted by atomic mass is 32.2. The second-order valence-corrected chi connectivity index (χ2v) is 8.04. The molecule has 0 aromatic carbocycles. The molecule has 126 valence electrons. The number of hydrogen-bond donors (Lipinski definition) is 1. The molecule has 0 unspecified atom stereocenters. The molecule has 0 aliphatic heterocycles. The fourth-order valence-electron chi connectivity index (χ4n) is 2.01. The molecule has 0 aliphatic rings. The first-order valence-electron chi connectivity index (χ1n) is 7.41. The highest BCUT2D eigenvalue weighted by Crippen LogP contribution is 2.14. The van der Waals surface area contributed by atoms with E-state index in [1.807, 2.05) is 24.4 Å². The van der Waals surface area contributed by atoms with Gasteiger partial charge in [-0.15, -0.1) is 23.1 Å². The van der Waals surface area contributed by atoms with Crippen molar-refractivity contribution in [3.63, 3.8) is 0 Å². The van der Waals surface area contributed by atoms with Gasteiger partial charge in [0, 0.05) is 16.7 Å². The first kappa shape index (κ1) is 17.1. The molecular weight excluding hydrogens is 364 g/mol. The minimum Gasteiger partial charge on any atom is -0.350 e. The van der Waals surface area contributed by atoms with E-state index in [1.165, 1.54) is 33.7 Å². The summed E-state index contributed by atoms with van der Waals surface area (Å²) in [6.07, 6.45) is 0.780. The van der Waals surface area contributed by atoms with E-state index in [1.54, 1.807) is 11.3 Å². The van der Waals surface area contributed by atoms with E-state index >= 15 is 0 Å². The molecule has 0 saturated carbocycles. The van der Waals surface area contributed by atoms with Crippen LogP contribution in [-0.4, -0.2) is 26.3 Å². The molecule has 0 bridgehead atoms. The van der Waals surface area contributed by atoms with E-state index in [0.717, 1.165) is 16.3 Å². The Kier molecular flexibility index (Phi) is 5.64. The van der Waals surface area contributed by atoms with E-state index in [4.69, 9.17) is 0 Å². The molecule has 3 heterocycles. The number of carbonyl (C=O) groups excluding carboxylic acids is 1. The van der Waals surface area contributed by atoms with Crippen LogP contribution in [0.15, 0.2) is 28.4 Å². The monoisotopic (exact) mass is 380 g/mol. The number of rotatable bonds is 7. The largest absolute Gasteiger partial charge is 0.350 e. The van der Waals surface area contributed by atoms with Gasteiger partial charge in [0.15, 0.2) is 0 Å². The van der Waals surface area contributed by atoms with Gasteiger partial charge in [-0.1, -0.05) is 24.3 Å². The molecule has 6 nitrogen and oxygen atoms in total. The van der Waals surface area contributed by atoms with Crippen LogP contribution in [0, 0.1) is 0 Å². The third-order valence-corrected chi connectivity index (χ3v) is 6.06. The van der Waals surface area contributed by atoms with Crippen molar-refractivity contribution < 1.29 is 4.79 Å². The molecule has 3 aromatic heterocycles. The van der Waals surface area contributed by atoms with Crippen molar-refractivity contribution in [3.05, 3.63) is 49.5 Å². The Balaban J connectivity index is 1.53. The van der Waals surface area contributed by atoms with Crippen molar-refractivity contribution in [2.24, 2.45) is 0 Å². The smallest absolute Gasteiger partial charge is 0.275 e. The van der Waals surface area contributed by atoms with E-state index in [9.17, 15) is 9.59 Å². The van der Waals surface area contributed by atoms with Gasteiger partial charge in [0.1, 0.15) is 5.01 Å². The Morgan fingerprint density at radius 3 is 3.08 bits per heavy atom. The van der Waals surface area contributed by atoms with Crippen LogP contribution < -0.4 is 10.9 Å². The van der Waals surface area contributed by atoms with E-state index in [-0.39, 0.29) is 11.5 Å². The number of aryl methyl sites for hydroxylation is 1. The van der Waals surface area contributed by atoms with Crippen LogP contribution >= 0.6 is 34.4 Å². The van der Waals surface area contributed by atoms with Gasteiger partial charge in [0.2, 0.25) is 10.9 Å². The van der Waals surface area contributed by atoms with Gasteiger partial charge < -0.3 is 5.32 Å². The fourth-order valence-corrected chi connectivity index (χ4v) is 4.26. The minimum absolute atomic E-state index is 0.0164. The first-order valence-corrected chi connectivity index (χ1v) is 10.3.